The van der Waals surface area contributed by atoms with Crippen molar-refractivity contribution in [3.8, 4) is 11.1 Å². The predicted octanol–water partition coefficient (Wildman–Crippen LogP) is 4.43. The van der Waals surface area contributed by atoms with Gasteiger partial charge in [0, 0.05) is 16.5 Å². The van der Waals surface area contributed by atoms with E-state index in [1.54, 1.807) is 17.5 Å². The third kappa shape index (κ3) is 3.22. The van der Waals surface area contributed by atoms with Crippen LogP contribution in [0.25, 0.3) is 21.3 Å². The van der Waals surface area contributed by atoms with E-state index in [9.17, 15) is 22.8 Å². The first-order valence-electron chi connectivity index (χ1n) is 8.15. The third-order valence-corrected chi connectivity index (χ3v) is 5.16. The fourth-order valence-corrected chi connectivity index (χ4v) is 3.74. The highest BCUT2D eigenvalue weighted by Gasteiger charge is 2.16. The van der Waals surface area contributed by atoms with E-state index in [0.29, 0.717) is 21.3 Å². The number of fused-ring (bicyclic) bond motifs is 1. The van der Waals surface area contributed by atoms with E-state index < -0.39 is 28.8 Å². The molecule has 0 unspecified atom stereocenters. The number of thiophene rings is 1. The second-order valence-electron chi connectivity index (χ2n) is 6.07. The lowest BCUT2D eigenvalue weighted by Crippen LogP contribution is -2.24. The van der Waals surface area contributed by atoms with E-state index in [1.807, 2.05) is 0 Å². The number of aromatic nitrogens is 2. The van der Waals surface area contributed by atoms with Crippen molar-refractivity contribution >= 4 is 27.3 Å². The number of hydrogen-bond acceptors (Lipinski definition) is 4. The number of benzene rings is 2. The smallest absolute Gasteiger partial charge is 0.263 e. The molecule has 8 heteroatoms. The monoisotopic (exact) mass is 400 g/mol. The zero-order valence-corrected chi connectivity index (χ0v) is 15.0. The van der Waals surface area contributed by atoms with Gasteiger partial charge in [-0.1, -0.05) is 12.1 Å². The Labute approximate surface area is 160 Å². The zero-order valence-electron chi connectivity index (χ0n) is 14.2. The van der Waals surface area contributed by atoms with Gasteiger partial charge in [0.1, 0.15) is 10.6 Å². The van der Waals surface area contributed by atoms with Gasteiger partial charge in [0.05, 0.1) is 18.3 Å². The maximum absolute atomic E-state index is 13.4. The maximum atomic E-state index is 13.4. The van der Waals surface area contributed by atoms with Crippen molar-refractivity contribution in [1.82, 2.24) is 9.55 Å². The molecule has 0 aliphatic rings. The van der Waals surface area contributed by atoms with Crippen LogP contribution in [0.5, 0.6) is 0 Å². The summed E-state index contributed by atoms with van der Waals surface area (Å²) >= 11 is 1.26. The van der Waals surface area contributed by atoms with Crippen LogP contribution < -0.4 is 5.56 Å². The molecule has 2 aromatic heterocycles. The highest BCUT2D eigenvalue weighted by molar-refractivity contribution is 7.17. The van der Waals surface area contributed by atoms with Gasteiger partial charge >= 0.3 is 0 Å². The lowest BCUT2D eigenvalue weighted by atomic mass is 10.1. The summed E-state index contributed by atoms with van der Waals surface area (Å²) in [5.41, 5.74) is 0.750. The first kappa shape index (κ1) is 18.1. The largest absolute Gasteiger partial charge is 0.292 e. The molecule has 28 heavy (non-hydrogen) atoms. The molecule has 140 valence electrons. The van der Waals surface area contributed by atoms with Gasteiger partial charge in [-0.25, -0.2) is 18.2 Å². The van der Waals surface area contributed by atoms with Gasteiger partial charge in [-0.15, -0.1) is 11.3 Å². The van der Waals surface area contributed by atoms with Gasteiger partial charge in [-0.3, -0.25) is 14.2 Å². The minimum Gasteiger partial charge on any atom is -0.292 e. The van der Waals surface area contributed by atoms with Crippen LogP contribution in [-0.4, -0.2) is 15.3 Å². The molecule has 0 aliphatic heterocycles. The van der Waals surface area contributed by atoms with Gasteiger partial charge in [-0.2, -0.15) is 0 Å². The Morgan fingerprint density at radius 3 is 2.50 bits per heavy atom. The Bertz CT molecular complexity index is 1260. The second kappa shape index (κ2) is 7.05. The van der Waals surface area contributed by atoms with E-state index in [0.717, 1.165) is 22.8 Å². The SMILES string of the molecule is O=C(Cn1cnc2scc(-c3ccc(F)cc3)c2c1=O)c1ccc(F)c(F)c1. The molecule has 0 spiro atoms. The van der Waals surface area contributed by atoms with Crippen LogP contribution >= 0.6 is 11.3 Å². The Morgan fingerprint density at radius 2 is 1.79 bits per heavy atom. The standard InChI is InChI=1S/C20H11F3N2O2S/c21-13-4-1-11(2-5-13)14-9-28-19-18(14)20(27)25(10-24-19)8-17(26)12-3-6-15(22)16(23)7-12/h1-7,9-10H,8H2. The Balaban J connectivity index is 1.74. The molecule has 0 atom stereocenters. The minimum atomic E-state index is -1.14. The van der Waals surface area contributed by atoms with Gasteiger partial charge in [0.15, 0.2) is 17.4 Å². The van der Waals surface area contributed by atoms with Crippen LogP contribution in [0.4, 0.5) is 13.2 Å². The van der Waals surface area contributed by atoms with Crippen molar-refractivity contribution < 1.29 is 18.0 Å². The number of nitrogens with zero attached hydrogens (tertiary/aromatic N) is 2. The van der Waals surface area contributed by atoms with Crippen molar-refractivity contribution in [3.63, 3.8) is 0 Å². The molecule has 4 rings (SSSR count). The molecule has 0 radical (unpaired) electrons. The van der Waals surface area contributed by atoms with Gasteiger partial charge in [0.25, 0.3) is 5.56 Å². The molecular weight excluding hydrogens is 389 g/mol. The van der Waals surface area contributed by atoms with E-state index in [-0.39, 0.29) is 12.1 Å². The summed E-state index contributed by atoms with van der Waals surface area (Å²) in [6.07, 6.45) is 1.24. The molecule has 0 saturated carbocycles. The number of Topliss-reactive ketones (excluding diaryl/α,β-unsaturated/α-hetero) is 1. The van der Waals surface area contributed by atoms with Crippen molar-refractivity contribution in [1.29, 1.82) is 0 Å². The number of halogens is 3. The molecule has 0 aliphatic carbocycles. The zero-order chi connectivity index (χ0) is 19.8. The number of rotatable bonds is 4. The summed E-state index contributed by atoms with van der Waals surface area (Å²) in [6, 6.07) is 8.51. The summed E-state index contributed by atoms with van der Waals surface area (Å²) in [4.78, 5) is 30.0. The highest BCUT2D eigenvalue weighted by Crippen LogP contribution is 2.30. The highest BCUT2D eigenvalue weighted by atomic mass is 32.1. The topological polar surface area (TPSA) is 52.0 Å². The number of hydrogen-bond donors (Lipinski definition) is 0. The molecule has 0 amide bonds. The lowest BCUT2D eigenvalue weighted by Gasteiger charge is -2.06. The normalized spacial score (nSPS) is 11.1. The molecule has 4 nitrogen and oxygen atoms in total. The second-order valence-corrected chi connectivity index (χ2v) is 6.92. The molecule has 0 fully saturated rings. The summed E-state index contributed by atoms with van der Waals surface area (Å²) in [5.74, 6) is -3.14. The summed E-state index contributed by atoms with van der Waals surface area (Å²) in [6.45, 7) is -0.369. The maximum Gasteiger partial charge on any atom is 0.263 e. The molecule has 0 N–H and O–H groups in total. The Morgan fingerprint density at radius 1 is 1.04 bits per heavy atom. The minimum absolute atomic E-state index is 0.0463. The number of carbonyl (C=O) groups is 1. The summed E-state index contributed by atoms with van der Waals surface area (Å²) in [5, 5.41) is 2.06. The van der Waals surface area contributed by atoms with Crippen LogP contribution in [0.2, 0.25) is 0 Å². The van der Waals surface area contributed by atoms with Gasteiger partial charge in [0.2, 0.25) is 0 Å². The van der Waals surface area contributed by atoms with Crippen LogP contribution in [-0.2, 0) is 6.54 Å². The fraction of sp³-hybridized carbons (Fsp3) is 0.0500. The van der Waals surface area contributed by atoms with E-state index in [1.165, 1.54) is 29.8 Å². The molecular formula is C20H11F3N2O2S. The van der Waals surface area contributed by atoms with Gasteiger partial charge in [-0.05, 0) is 35.9 Å². The number of ketones is 1. The average Bonchev–Trinajstić information content (AvgIpc) is 3.11. The molecule has 0 bridgehead atoms. The summed E-state index contributed by atoms with van der Waals surface area (Å²) in [7, 11) is 0. The van der Waals surface area contributed by atoms with Crippen molar-refractivity contribution in [2.75, 3.05) is 0 Å². The molecule has 4 aromatic rings. The third-order valence-electron chi connectivity index (χ3n) is 4.27. The van der Waals surface area contributed by atoms with E-state index >= 15 is 0 Å². The van der Waals surface area contributed by atoms with Crippen LogP contribution in [0.15, 0.2) is 59.0 Å². The van der Waals surface area contributed by atoms with E-state index in [2.05, 4.69) is 4.98 Å². The average molecular weight is 400 g/mol. The quantitative estimate of drug-likeness (QED) is 0.477. The molecule has 2 aromatic carbocycles. The molecule has 2 heterocycles. The van der Waals surface area contributed by atoms with Crippen LogP contribution in [0.1, 0.15) is 10.4 Å². The van der Waals surface area contributed by atoms with Crippen LogP contribution in [0, 0.1) is 17.5 Å². The Hall–Kier alpha value is -3.26. The van der Waals surface area contributed by atoms with Crippen molar-refractivity contribution in [3.05, 3.63) is 87.5 Å². The Kier molecular flexibility index (Phi) is 4.56. The van der Waals surface area contributed by atoms with Crippen LogP contribution in [0.3, 0.4) is 0 Å². The van der Waals surface area contributed by atoms with Gasteiger partial charge < -0.3 is 0 Å². The fourth-order valence-electron chi connectivity index (χ4n) is 2.84. The summed E-state index contributed by atoms with van der Waals surface area (Å²) < 4.78 is 40.7. The molecule has 0 saturated heterocycles. The van der Waals surface area contributed by atoms with Crippen molar-refractivity contribution in [2.45, 2.75) is 6.54 Å². The lowest BCUT2D eigenvalue weighted by molar-refractivity contribution is 0.0970. The predicted molar refractivity (Wildman–Crippen MR) is 100.0 cm³/mol. The first-order valence-corrected chi connectivity index (χ1v) is 9.03. The number of carbonyl (C=O) groups excluding carboxylic acids is 1. The van der Waals surface area contributed by atoms with E-state index in [4.69, 9.17) is 0 Å². The van der Waals surface area contributed by atoms with Crippen molar-refractivity contribution in [2.24, 2.45) is 0 Å². The first-order chi connectivity index (χ1) is 13.4.